The van der Waals surface area contributed by atoms with E-state index in [1.54, 1.807) is 56.7 Å². The van der Waals surface area contributed by atoms with E-state index in [1.165, 1.54) is 7.11 Å². The summed E-state index contributed by atoms with van der Waals surface area (Å²) in [4.78, 5) is 29.2. The summed E-state index contributed by atoms with van der Waals surface area (Å²) >= 11 is 0. The highest BCUT2D eigenvalue weighted by molar-refractivity contribution is 6.10. The molecule has 3 rings (SSSR count). The van der Waals surface area contributed by atoms with Crippen molar-refractivity contribution >= 4 is 17.8 Å². The van der Waals surface area contributed by atoms with Crippen LogP contribution in [0.1, 0.15) is 28.4 Å². The van der Waals surface area contributed by atoms with Crippen molar-refractivity contribution in [1.82, 2.24) is 10.6 Å². The van der Waals surface area contributed by atoms with Crippen molar-refractivity contribution in [1.29, 1.82) is 0 Å². The Bertz CT molecular complexity index is 926. The smallest absolute Gasteiger partial charge is 0.258 e. The molecule has 0 spiro atoms. The van der Waals surface area contributed by atoms with Gasteiger partial charge in [0.2, 0.25) is 11.9 Å². The van der Waals surface area contributed by atoms with Gasteiger partial charge in [0.15, 0.2) is 0 Å². The summed E-state index contributed by atoms with van der Waals surface area (Å²) in [7, 11) is 4.63. The van der Waals surface area contributed by atoms with Crippen LogP contribution in [0, 0.1) is 0 Å². The molecule has 2 amide bonds. The minimum atomic E-state index is -0.514. The van der Waals surface area contributed by atoms with Gasteiger partial charge in [-0.05, 0) is 36.4 Å². The predicted octanol–water partition coefficient (Wildman–Crippen LogP) is 2.06. The molecule has 1 aliphatic rings. The Labute approximate surface area is 162 Å². The van der Waals surface area contributed by atoms with Crippen LogP contribution in [0.2, 0.25) is 0 Å². The lowest BCUT2D eigenvalue weighted by atomic mass is 10.0. The topological polar surface area (TPSA) is 98.2 Å². The number of nitrogens with zero attached hydrogens (tertiary/aromatic N) is 1. The Morgan fingerprint density at radius 2 is 1.82 bits per heavy atom. The second kappa shape index (κ2) is 8.43. The van der Waals surface area contributed by atoms with E-state index in [0.717, 1.165) is 0 Å². The maximum Gasteiger partial charge on any atom is 0.258 e. The van der Waals surface area contributed by atoms with Crippen LogP contribution in [0.15, 0.2) is 47.5 Å². The summed E-state index contributed by atoms with van der Waals surface area (Å²) < 4.78 is 15.8. The molecule has 0 radical (unpaired) electrons. The highest BCUT2D eigenvalue weighted by atomic mass is 16.5. The van der Waals surface area contributed by atoms with Gasteiger partial charge in [0.1, 0.15) is 17.2 Å². The molecule has 0 unspecified atom stereocenters. The summed E-state index contributed by atoms with van der Waals surface area (Å²) in [5.74, 6) is 1.18. The number of aliphatic imine (C=N–C) groups is 1. The predicted molar refractivity (Wildman–Crippen MR) is 103 cm³/mol. The minimum absolute atomic E-state index is 0.0824. The molecule has 1 atom stereocenters. The number of carbonyl (C=O) groups is 2. The van der Waals surface area contributed by atoms with Crippen molar-refractivity contribution < 1.29 is 23.8 Å². The minimum Gasteiger partial charge on any atom is -0.497 e. The van der Waals surface area contributed by atoms with Gasteiger partial charge in [0, 0.05) is 11.1 Å². The Morgan fingerprint density at radius 1 is 1.07 bits per heavy atom. The van der Waals surface area contributed by atoms with E-state index in [0.29, 0.717) is 28.4 Å². The standard InChI is InChI=1S/C20H21N3O5/c1-26-13-6-4-5-12(9-13)19(25)23-20-21-16(11-18(24)22-20)15-10-14(27-2)7-8-17(15)28-3/h4-10,16H,11H2,1-3H3,(H2,21,22,23,24,25)/t16-/m0/s1. The van der Waals surface area contributed by atoms with Crippen LogP contribution in [-0.4, -0.2) is 39.1 Å². The van der Waals surface area contributed by atoms with Crippen molar-refractivity contribution in [3.63, 3.8) is 0 Å². The molecule has 2 aromatic rings. The normalized spacial score (nSPS) is 15.9. The van der Waals surface area contributed by atoms with Gasteiger partial charge < -0.3 is 14.2 Å². The van der Waals surface area contributed by atoms with E-state index in [1.807, 2.05) is 0 Å². The first-order valence-corrected chi connectivity index (χ1v) is 8.59. The SMILES string of the molecule is COc1cccc(C(=O)NC2=N[C@H](c3cc(OC)ccc3OC)CC(=O)N2)c1. The van der Waals surface area contributed by atoms with Gasteiger partial charge in [-0.1, -0.05) is 6.07 Å². The number of hydrogen-bond acceptors (Lipinski definition) is 6. The van der Waals surface area contributed by atoms with Crippen LogP contribution in [-0.2, 0) is 4.79 Å². The maximum atomic E-state index is 12.5. The Kier molecular flexibility index (Phi) is 5.78. The molecule has 2 N–H and O–H groups in total. The third-order valence-corrected chi connectivity index (χ3v) is 4.28. The molecular weight excluding hydrogens is 362 g/mol. The lowest BCUT2D eigenvalue weighted by molar-refractivity contribution is -0.120. The quantitative estimate of drug-likeness (QED) is 0.824. The number of amides is 2. The number of carbonyl (C=O) groups excluding carboxylic acids is 2. The average Bonchev–Trinajstić information content (AvgIpc) is 2.72. The highest BCUT2D eigenvalue weighted by Gasteiger charge is 2.26. The van der Waals surface area contributed by atoms with Crippen LogP contribution in [0.3, 0.4) is 0 Å². The first-order valence-electron chi connectivity index (χ1n) is 8.59. The van der Waals surface area contributed by atoms with Crippen LogP contribution >= 0.6 is 0 Å². The summed E-state index contributed by atoms with van der Waals surface area (Å²) in [5, 5.41) is 5.22. The van der Waals surface area contributed by atoms with Crippen molar-refractivity contribution in [2.75, 3.05) is 21.3 Å². The zero-order valence-corrected chi connectivity index (χ0v) is 15.8. The molecule has 1 heterocycles. The molecule has 0 aliphatic carbocycles. The van der Waals surface area contributed by atoms with Crippen molar-refractivity contribution in [3.8, 4) is 17.2 Å². The largest absolute Gasteiger partial charge is 0.497 e. The number of nitrogens with one attached hydrogen (secondary N) is 2. The lowest BCUT2D eigenvalue weighted by Crippen LogP contribution is -2.47. The van der Waals surface area contributed by atoms with Gasteiger partial charge in [-0.25, -0.2) is 4.99 Å². The summed E-state index contributed by atoms with van der Waals surface area (Å²) in [6, 6.07) is 11.5. The molecule has 146 valence electrons. The molecule has 0 saturated heterocycles. The Balaban J connectivity index is 1.87. The zero-order chi connectivity index (χ0) is 20.1. The van der Waals surface area contributed by atoms with E-state index in [-0.39, 0.29) is 18.3 Å². The number of benzene rings is 2. The fourth-order valence-electron chi connectivity index (χ4n) is 2.88. The third-order valence-electron chi connectivity index (χ3n) is 4.28. The third kappa shape index (κ3) is 4.22. The van der Waals surface area contributed by atoms with Gasteiger partial charge in [-0.3, -0.25) is 20.2 Å². The van der Waals surface area contributed by atoms with Crippen LogP contribution in [0.25, 0.3) is 0 Å². The summed E-state index contributed by atoms with van der Waals surface area (Å²) in [6.07, 6.45) is 0.127. The molecule has 8 heteroatoms. The fourth-order valence-corrected chi connectivity index (χ4v) is 2.88. The number of guanidine groups is 1. The molecule has 0 saturated carbocycles. The van der Waals surface area contributed by atoms with E-state index in [4.69, 9.17) is 14.2 Å². The van der Waals surface area contributed by atoms with Crippen LogP contribution in [0.5, 0.6) is 17.2 Å². The van der Waals surface area contributed by atoms with Gasteiger partial charge in [-0.15, -0.1) is 0 Å². The Morgan fingerprint density at radius 3 is 2.54 bits per heavy atom. The van der Waals surface area contributed by atoms with Crippen molar-refractivity contribution in [2.24, 2.45) is 4.99 Å². The summed E-state index contributed by atoms with van der Waals surface area (Å²) in [5.41, 5.74) is 1.09. The molecular formula is C20H21N3O5. The van der Waals surface area contributed by atoms with Gasteiger partial charge in [-0.2, -0.15) is 0 Å². The van der Waals surface area contributed by atoms with Crippen molar-refractivity contribution in [2.45, 2.75) is 12.5 Å². The van der Waals surface area contributed by atoms with Crippen molar-refractivity contribution in [3.05, 3.63) is 53.6 Å². The molecule has 0 bridgehead atoms. The van der Waals surface area contributed by atoms with E-state index in [9.17, 15) is 9.59 Å². The number of rotatable bonds is 5. The molecule has 8 nitrogen and oxygen atoms in total. The molecule has 1 aliphatic heterocycles. The first-order chi connectivity index (χ1) is 13.5. The van der Waals surface area contributed by atoms with E-state index < -0.39 is 11.9 Å². The Hall–Kier alpha value is -3.55. The second-order valence-electron chi connectivity index (χ2n) is 6.04. The van der Waals surface area contributed by atoms with Gasteiger partial charge >= 0.3 is 0 Å². The zero-order valence-electron chi connectivity index (χ0n) is 15.8. The lowest BCUT2D eigenvalue weighted by Gasteiger charge is -2.23. The van der Waals surface area contributed by atoms with E-state index >= 15 is 0 Å². The first kappa shape index (κ1) is 19.2. The molecule has 28 heavy (non-hydrogen) atoms. The molecule has 0 fully saturated rings. The molecule has 2 aromatic carbocycles. The second-order valence-corrected chi connectivity index (χ2v) is 6.04. The maximum absolute atomic E-state index is 12.5. The number of methoxy groups -OCH3 is 3. The summed E-state index contributed by atoms with van der Waals surface area (Å²) in [6.45, 7) is 0. The monoisotopic (exact) mass is 383 g/mol. The van der Waals surface area contributed by atoms with Crippen LogP contribution in [0.4, 0.5) is 0 Å². The van der Waals surface area contributed by atoms with Gasteiger partial charge in [0.05, 0.1) is 33.8 Å². The van der Waals surface area contributed by atoms with Crippen LogP contribution < -0.4 is 24.8 Å². The highest BCUT2D eigenvalue weighted by Crippen LogP contribution is 2.34. The average molecular weight is 383 g/mol. The number of ether oxygens (including phenoxy) is 3. The number of hydrogen-bond donors (Lipinski definition) is 2. The van der Waals surface area contributed by atoms with E-state index in [2.05, 4.69) is 15.6 Å². The fraction of sp³-hybridized carbons (Fsp3) is 0.250. The molecule has 0 aromatic heterocycles. The van der Waals surface area contributed by atoms with Gasteiger partial charge in [0.25, 0.3) is 5.91 Å².